The molecule has 0 heterocycles. The Labute approximate surface area is 134 Å². The van der Waals surface area contributed by atoms with Gasteiger partial charge in [0.25, 0.3) is 0 Å². The number of benzene rings is 2. The normalized spacial score (nSPS) is 10.3. The molecule has 110 valence electrons. The largest absolute Gasteiger partial charge is 0.494 e. The number of hydrogen-bond donors (Lipinski definition) is 2. The third-order valence-electron chi connectivity index (χ3n) is 2.78. The molecule has 0 aliphatic rings. The van der Waals surface area contributed by atoms with Gasteiger partial charge in [0.05, 0.1) is 17.3 Å². The quantitative estimate of drug-likeness (QED) is 0.792. The molecule has 21 heavy (non-hydrogen) atoms. The number of nitrogens with two attached hydrogens (primary N) is 1. The Morgan fingerprint density at radius 2 is 2.00 bits per heavy atom. The maximum Gasteiger partial charge on any atom is 0.165 e. The van der Waals surface area contributed by atoms with Crippen LogP contribution in [-0.4, -0.2) is 12.1 Å². The molecule has 0 spiro atoms. The smallest absolute Gasteiger partial charge is 0.165 e. The summed E-state index contributed by atoms with van der Waals surface area (Å²) in [5, 5.41) is 2.85. The lowest BCUT2D eigenvalue weighted by atomic mass is 10.2. The number of ether oxygens (including phenoxy) is 1. The molecule has 0 fully saturated rings. The first-order chi connectivity index (χ1) is 9.93. The van der Waals surface area contributed by atoms with Gasteiger partial charge in [0.2, 0.25) is 0 Å². The fourth-order valence-electron chi connectivity index (χ4n) is 1.73. The molecule has 3 N–H and O–H groups in total. The molecule has 2 aromatic carbocycles. The van der Waals surface area contributed by atoms with Gasteiger partial charge in [-0.3, -0.25) is 0 Å². The summed E-state index contributed by atoms with van der Waals surface area (Å²) in [5.41, 5.74) is 6.60. The summed E-state index contributed by atoms with van der Waals surface area (Å²) < 4.78 is 32.6. The molecule has 0 unspecified atom stereocenters. The lowest BCUT2D eigenvalue weighted by molar-refractivity contribution is 0.387. The van der Waals surface area contributed by atoms with E-state index in [1.165, 1.54) is 31.4 Å². The highest BCUT2D eigenvalue weighted by atomic mass is 79.9. The van der Waals surface area contributed by atoms with Crippen molar-refractivity contribution in [3.63, 3.8) is 0 Å². The lowest BCUT2D eigenvalue weighted by Crippen LogP contribution is -2.11. The van der Waals surface area contributed by atoms with Crippen molar-refractivity contribution in [1.82, 2.24) is 0 Å². The second kappa shape index (κ2) is 6.36. The summed E-state index contributed by atoms with van der Waals surface area (Å²) in [5.74, 6) is -0.962. The Kier molecular flexibility index (Phi) is 4.74. The summed E-state index contributed by atoms with van der Waals surface area (Å²) in [7, 11) is 1.36. The molecule has 0 aliphatic heterocycles. The van der Waals surface area contributed by atoms with Gasteiger partial charge >= 0.3 is 0 Å². The lowest BCUT2D eigenvalue weighted by Gasteiger charge is -2.12. The van der Waals surface area contributed by atoms with Crippen LogP contribution in [0.2, 0.25) is 0 Å². The van der Waals surface area contributed by atoms with E-state index in [0.29, 0.717) is 11.3 Å². The molecule has 0 bridgehead atoms. The zero-order valence-electron chi connectivity index (χ0n) is 10.9. The Balaban J connectivity index is 2.36. The summed E-state index contributed by atoms with van der Waals surface area (Å²) in [6.45, 7) is 0. The minimum Gasteiger partial charge on any atom is -0.494 e. The number of methoxy groups -OCH3 is 1. The van der Waals surface area contributed by atoms with Crippen LogP contribution in [0.5, 0.6) is 5.75 Å². The van der Waals surface area contributed by atoms with E-state index in [4.69, 9.17) is 22.7 Å². The number of thiocarbonyl (C=S) groups is 1. The van der Waals surface area contributed by atoms with Gasteiger partial charge in [-0.05, 0) is 40.2 Å². The zero-order chi connectivity index (χ0) is 15.6. The van der Waals surface area contributed by atoms with Crippen LogP contribution in [0.1, 0.15) is 5.56 Å². The first-order valence-electron chi connectivity index (χ1n) is 5.82. The van der Waals surface area contributed by atoms with Crippen LogP contribution in [0.4, 0.5) is 20.2 Å². The van der Waals surface area contributed by atoms with Crippen LogP contribution in [-0.2, 0) is 0 Å². The van der Waals surface area contributed by atoms with E-state index >= 15 is 0 Å². The molecule has 3 nitrogen and oxygen atoms in total. The topological polar surface area (TPSA) is 47.3 Å². The maximum atomic E-state index is 14.2. The van der Waals surface area contributed by atoms with E-state index < -0.39 is 11.6 Å². The third kappa shape index (κ3) is 3.30. The molecular weight excluding hydrogens is 362 g/mol. The Hall–Kier alpha value is -1.73. The zero-order valence-corrected chi connectivity index (χ0v) is 13.3. The highest BCUT2D eigenvalue weighted by molar-refractivity contribution is 9.10. The average molecular weight is 373 g/mol. The summed E-state index contributed by atoms with van der Waals surface area (Å²) in [6.07, 6.45) is 0. The van der Waals surface area contributed by atoms with E-state index in [2.05, 4.69) is 21.2 Å². The Bertz CT molecular complexity index is 710. The first-order valence-corrected chi connectivity index (χ1v) is 7.02. The van der Waals surface area contributed by atoms with Crippen LogP contribution in [0.3, 0.4) is 0 Å². The number of halogens is 3. The average Bonchev–Trinajstić information content (AvgIpc) is 2.45. The summed E-state index contributed by atoms with van der Waals surface area (Å²) in [4.78, 5) is 0.0933. The van der Waals surface area contributed by atoms with Crippen LogP contribution >= 0.6 is 28.1 Å². The fourth-order valence-corrected chi connectivity index (χ4v) is 2.59. The van der Waals surface area contributed by atoms with Crippen molar-refractivity contribution in [2.24, 2.45) is 5.73 Å². The van der Waals surface area contributed by atoms with Crippen LogP contribution < -0.4 is 15.8 Å². The summed E-state index contributed by atoms with van der Waals surface area (Å²) >= 11 is 7.95. The molecule has 0 saturated heterocycles. The first kappa shape index (κ1) is 15.7. The van der Waals surface area contributed by atoms with Crippen LogP contribution in [0.25, 0.3) is 0 Å². The van der Waals surface area contributed by atoms with Crippen LogP contribution in [0, 0.1) is 11.6 Å². The molecule has 0 atom stereocenters. The van der Waals surface area contributed by atoms with E-state index in [0.717, 1.165) is 0 Å². The standard InChI is InChI=1S/C14H11BrF2N2OS/c1-20-11-6-7(2-4-9(11)16)19-10-5-3-8(14(18)21)12(15)13(10)17/h2-6,19H,1H3,(H2,18,21). The van der Waals surface area contributed by atoms with Gasteiger partial charge in [-0.2, -0.15) is 0 Å². The van der Waals surface area contributed by atoms with Gasteiger partial charge in [0.1, 0.15) is 4.99 Å². The highest BCUT2D eigenvalue weighted by Gasteiger charge is 2.13. The van der Waals surface area contributed by atoms with Crippen molar-refractivity contribution < 1.29 is 13.5 Å². The fraction of sp³-hybridized carbons (Fsp3) is 0.0714. The number of nitrogens with one attached hydrogen (secondary N) is 1. The van der Waals surface area contributed by atoms with Crippen molar-refractivity contribution in [3.8, 4) is 5.75 Å². The molecule has 0 saturated carbocycles. The van der Waals surface area contributed by atoms with Gasteiger partial charge in [-0.1, -0.05) is 12.2 Å². The van der Waals surface area contributed by atoms with Crippen molar-refractivity contribution in [1.29, 1.82) is 0 Å². The van der Waals surface area contributed by atoms with Crippen molar-refractivity contribution in [2.45, 2.75) is 0 Å². The van der Waals surface area contributed by atoms with Gasteiger partial charge in [0, 0.05) is 17.3 Å². The molecule has 7 heteroatoms. The van der Waals surface area contributed by atoms with Gasteiger partial charge in [-0.25, -0.2) is 8.78 Å². The van der Waals surface area contributed by atoms with Crippen molar-refractivity contribution in [2.75, 3.05) is 12.4 Å². The van der Waals surface area contributed by atoms with E-state index in [-0.39, 0.29) is 20.9 Å². The monoisotopic (exact) mass is 372 g/mol. The minimum absolute atomic E-state index is 0.0687. The second-order valence-corrected chi connectivity index (χ2v) is 5.36. The molecule has 0 aliphatic carbocycles. The van der Waals surface area contributed by atoms with Gasteiger partial charge < -0.3 is 15.8 Å². The predicted molar refractivity (Wildman–Crippen MR) is 86.2 cm³/mol. The Morgan fingerprint density at radius 3 is 2.62 bits per heavy atom. The molecule has 2 rings (SSSR count). The number of anilines is 2. The van der Waals surface area contributed by atoms with Crippen LogP contribution in [0.15, 0.2) is 34.8 Å². The van der Waals surface area contributed by atoms with Gasteiger partial charge in [-0.15, -0.1) is 0 Å². The van der Waals surface area contributed by atoms with E-state index in [1.807, 2.05) is 0 Å². The van der Waals surface area contributed by atoms with E-state index in [1.54, 1.807) is 6.07 Å². The molecular formula is C14H11BrF2N2OS. The minimum atomic E-state index is -0.538. The molecule has 0 radical (unpaired) electrons. The van der Waals surface area contributed by atoms with Crippen molar-refractivity contribution >= 4 is 44.5 Å². The Morgan fingerprint density at radius 1 is 1.29 bits per heavy atom. The molecule has 2 aromatic rings. The summed E-state index contributed by atoms with van der Waals surface area (Å²) in [6, 6.07) is 7.25. The van der Waals surface area contributed by atoms with Crippen molar-refractivity contribution in [3.05, 3.63) is 52.0 Å². The van der Waals surface area contributed by atoms with E-state index in [9.17, 15) is 8.78 Å². The molecule has 0 aromatic heterocycles. The number of hydrogen-bond acceptors (Lipinski definition) is 3. The third-order valence-corrected chi connectivity index (χ3v) is 3.77. The number of rotatable bonds is 4. The predicted octanol–water partition coefficient (Wildman–Crippen LogP) is 4.11. The second-order valence-electron chi connectivity index (χ2n) is 4.13. The highest BCUT2D eigenvalue weighted by Crippen LogP contribution is 2.30. The van der Waals surface area contributed by atoms with Gasteiger partial charge in [0.15, 0.2) is 17.4 Å². The SMILES string of the molecule is COc1cc(Nc2ccc(C(N)=S)c(Br)c2F)ccc1F. The maximum absolute atomic E-state index is 14.2. The molecule has 0 amide bonds.